The van der Waals surface area contributed by atoms with Gasteiger partial charge >= 0.3 is 0 Å². The van der Waals surface area contributed by atoms with Crippen LogP contribution in [-0.2, 0) is 11.8 Å². The van der Waals surface area contributed by atoms with E-state index in [1.807, 2.05) is 12.1 Å². The minimum atomic E-state index is 0.0770. The third-order valence-corrected chi connectivity index (χ3v) is 3.86. The number of nitrogens with zero attached hydrogens (tertiary/aromatic N) is 2. The molecule has 2 nitrogen and oxygen atoms in total. The van der Waals surface area contributed by atoms with Crippen LogP contribution in [0.25, 0.3) is 10.2 Å². The minimum Gasteiger partial charge on any atom is -0.240 e. The molecule has 0 saturated heterocycles. The molecule has 0 bridgehead atoms. The maximum absolute atomic E-state index is 8.77. The van der Waals surface area contributed by atoms with E-state index in [9.17, 15) is 0 Å². The summed E-state index contributed by atoms with van der Waals surface area (Å²) >= 11 is 1.72. The van der Waals surface area contributed by atoms with Crippen molar-refractivity contribution in [3.63, 3.8) is 0 Å². The van der Waals surface area contributed by atoms with Gasteiger partial charge in [0.25, 0.3) is 0 Å². The van der Waals surface area contributed by atoms with Gasteiger partial charge in [0.2, 0.25) is 0 Å². The SMILES string of the molecule is CC(C)(C)c1nc2c(CC#N)cccc2s1. The first-order chi connectivity index (χ1) is 7.52. The second-order valence-electron chi connectivity index (χ2n) is 4.87. The Bertz CT molecular complexity index is 555. The van der Waals surface area contributed by atoms with Crippen LogP contribution in [0.5, 0.6) is 0 Å². The summed E-state index contributed by atoms with van der Waals surface area (Å²) in [6.07, 6.45) is 0.435. The predicted molar refractivity (Wildman–Crippen MR) is 67.6 cm³/mol. The van der Waals surface area contributed by atoms with Crippen LogP contribution in [0, 0.1) is 11.3 Å². The van der Waals surface area contributed by atoms with Gasteiger partial charge < -0.3 is 0 Å². The van der Waals surface area contributed by atoms with Gasteiger partial charge in [-0.15, -0.1) is 11.3 Å². The Balaban J connectivity index is 2.62. The minimum absolute atomic E-state index is 0.0770. The fourth-order valence-corrected chi connectivity index (χ4v) is 2.63. The van der Waals surface area contributed by atoms with Gasteiger partial charge in [0.05, 0.1) is 27.7 Å². The van der Waals surface area contributed by atoms with Crippen molar-refractivity contribution >= 4 is 21.6 Å². The van der Waals surface area contributed by atoms with E-state index in [4.69, 9.17) is 5.26 Å². The standard InChI is InChI=1S/C13H14N2S/c1-13(2,3)12-15-11-9(7-8-14)5-4-6-10(11)16-12/h4-6H,7H2,1-3H3. The maximum atomic E-state index is 8.77. The van der Waals surface area contributed by atoms with Gasteiger partial charge in [-0.2, -0.15) is 5.26 Å². The fraction of sp³-hybridized carbons (Fsp3) is 0.385. The second kappa shape index (κ2) is 3.88. The molecule has 0 saturated carbocycles. The molecule has 2 aromatic rings. The second-order valence-corrected chi connectivity index (χ2v) is 5.90. The topological polar surface area (TPSA) is 36.7 Å². The van der Waals surface area contributed by atoms with Gasteiger partial charge in [0.15, 0.2) is 0 Å². The Morgan fingerprint density at radius 3 is 2.75 bits per heavy atom. The number of rotatable bonds is 1. The summed E-state index contributed by atoms with van der Waals surface area (Å²) in [5.74, 6) is 0. The fourth-order valence-electron chi connectivity index (χ4n) is 1.55. The van der Waals surface area contributed by atoms with E-state index in [0.717, 1.165) is 16.1 Å². The van der Waals surface area contributed by atoms with Crippen LogP contribution in [-0.4, -0.2) is 4.98 Å². The maximum Gasteiger partial charge on any atom is 0.0992 e. The van der Waals surface area contributed by atoms with Gasteiger partial charge in [-0.25, -0.2) is 4.98 Å². The summed E-state index contributed by atoms with van der Waals surface area (Å²) in [6.45, 7) is 6.48. The summed E-state index contributed by atoms with van der Waals surface area (Å²) in [5.41, 5.74) is 2.11. The molecule has 3 heteroatoms. The smallest absolute Gasteiger partial charge is 0.0992 e. The van der Waals surface area contributed by atoms with Crippen LogP contribution in [0.4, 0.5) is 0 Å². The van der Waals surface area contributed by atoms with Crippen LogP contribution in [0.1, 0.15) is 31.3 Å². The summed E-state index contributed by atoms with van der Waals surface area (Å²) in [7, 11) is 0. The molecule has 0 fully saturated rings. The molecule has 1 aromatic heterocycles. The molecule has 16 heavy (non-hydrogen) atoms. The largest absolute Gasteiger partial charge is 0.240 e. The first-order valence-corrected chi connectivity index (χ1v) is 6.10. The number of para-hydroxylation sites is 1. The van der Waals surface area contributed by atoms with Crippen molar-refractivity contribution in [2.75, 3.05) is 0 Å². The third kappa shape index (κ3) is 1.94. The lowest BCUT2D eigenvalue weighted by Gasteiger charge is -2.13. The third-order valence-electron chi connectivity index (χ3n) is 2.41. The normalized spacial score (nSPS) is 11.6. The lowest BCUT2D eigenvalue weighted by molar-refractivity contribution is 0.587. The molecule has 0 radical (unpaired) electrons. The van der Waals surface area contributed by atoms with E-state index in [-0.39, 0.29) is 5.41 Å². The van der Waals surface area contributed by atoms with Gasteiger partial charge in [0.1, 0.15) is 0 Å². The summed E-state index contributed by atoms with van der Waals surface area (Å²) < 4.78 is 1.18. The van der Waals surface area contributed by atoms with Crippen molar-refractivity contribution in [3.8, 4) is 6.07 Å². The van der Waals surface area contributed by atoms with Crippen LogP contribution >= 0.6 is 11.3 Å². The van der Waals surface area contributed by atoms with Crippen molar-refractivity contribution in [1.82, 2.24) is 4.98 Å². The lowest BCUT2D eigenvalue weighted by atomic mass is 9.98. The van der Waals surface area contributed by atoms with E-state index >= 15 is 0 Å². The molecular formula is C13H14N2S. The molecule has 0 amide bonds. The first-order valence-electron chi connectivity index (χ1n) is 5.28. The molecule has 82 valence electrons. The Hall–Kier alpha value is -1.40. The summed E-state index contributed by atoms with van der Waals surface area (Å²) in [5, 5.41) is 9.90. The van der Waals surface area contributed by atoms with E-state index in [1.165, 1.54) is 4.70 Å². The van der Waals surface area contributed by atoms with Gasteiger partial charge in [-0.3, -0.25) is 0 Å². The van der Waals surface area contributed by atoms with Gasteiger partial charge in [-0.05, 0) is 11.6 Å². The number of nitriles is 1. The number of hydrogen-bond donors (Lipinski definition) is 0. The van der Waals surface area contributed by atoms with Crippen LogP contribution in [0.2, 0.25) is 0 Å². The number of hydrogen-bond acceptors (Lipinski definition) is 3. The van der Waals surface area contributed by atoms with Crippen molar-refractivity contribution in [2.24, 2.45) is 0 Å². The predicted octanol–water partition coefficient (Wildman–Crippen LogP) is 3.66. The first kappa shape index (κ1) is 11.1. The number of fused-ring (bicyclic) bond motifs is 1. The van der Waals surface area contributed by atoms with E-state index < -0.39 is 0 Å². The molecule has 2 rings (SSSR count). The van der Waals surface area contributed by atoms with E-state index in [0.29, 0.717) is 6.42 Å². The number of aromatic nitrogens is 1. The molecule has 0 aliphatic rings. The van der Waals surface area contributed by atoms with Crippen molar-refractivity contribution in [2.45, 2.75) is 32.6 Å². The highest BCUT2D eigenvalue weighted by Crippen LogP contribution is 2.32. The zero-order chi connectivity index (χ0) is 11.8. The summed E-state index contributed by atoms with van der Waals surface area (Å²) in [6, 6.07) is 8.24. The molecule has 0 spiro atoms. The van der Waals surface area contributed by atoms with Crippen LogP contribution < -0.4 is 0 Å². The summed E-state index contributed by atoms with van der Waals surface area (Å²) in [4.78, 5) is 4.67. The molecule has 0 N–H and O–H groups in total. The highest BCUT2D eigenvalue weighted by Gasteiger charge is 2.19. The molecule has 0 unspecified atom stereocenters. The molecule has 1 heterocycles. The average Bonchev–Trinajstić information content (AvgIpc) is 2.62. The quantitative estimate of drug-likeness (QED) is 0.749. The van der Waals surface area contributed by atoms with Crippen LogP contribution in [0.15, 0.2) is 18.2 Å². The molecule has 0 atom stereocenters. The number of thiazole rings is 1. The zero-order valence-corrected chi connectivity index (χ0v) is 10.6. The van der Waals surface area contributed by atoms with E-state index in [1.54, 1.807) is 11.3 Å². The Morgan fingerprint density at radius 1 is 1.38 bits per heavy atom. The lowest BCUT2D eigenvalue weighted by Crippen LogP contribution is -2.09. The molecule has 1 aromatic carbocycles. The highest BCUT2D eigenvalue weighted by molar-refractivity contribution is 7.18. The van der Waals surface area contributed by atoms with Gasteiger partial charge in [0, 0.05) is 5.41 Å². The van der Waals surface area contributed by atoms with Crippen molar-refractivity contribution < 1.29 is 0 Å². The monoisotopic (exact) mass is 230 g/mol. The average molecular weight is 230 g/mol. The van der Waals surface area contributed by atoms with Crippen LogP contribution in [0.3, 0.4) is 0 Å². The van der Waals surface area contributed by atoms with Crippen molar-refractivity contribution in [1.29, 1.82) is 5.26 Å². The van der Waals surface area contributed by atoms with Crippen molar-refractivity contribution in [3.05, 3.63) is 28.8 Å². The molecular weight excluding hydrogens is 216 g/mol. The highest BCUT2D eigenvalue weighted by atomic mass is 32.1. The molecule has 0 aliphatic carbocycles. The Kier molecular flexibility index (Phi) is 2.69. The Labute approximate surface area is 99.6 Å². The molecule has 0 aliphatic heterocycles. The number of benzene rings is 1. The zero-order valence-electron chi connectivity index (χ0n) is 9.74. The van der Waals surface area contributed by atoms with E-state index in [2.05, 4.69) is 37.9 Å². The Morgan fingerprint density at radius 2 is 2.12 bits per heavy atom. The van der Waals surface area contributed by atoms with Gasteiger partial charge in [-0.1, -0.05) is 32.9 Å².